The van der Waals surface area contributed by atoms with Crippen LogP contribution in [0.25, 0.3) is 0 Å². The molecule has 0 aliphatic heterocycles. The third-order valence-electron chi connectivity index (χ3n) is 2.64. The molecule has 0 heterocycles. The molecule has 6 heteroatoms. The van der Waals surface area contributed by atoms with E-state index in [0.29, 0.717) is 5.56 Å². The van der Waals surface area contributed by atoms with E-state index in [1.807, 2.05) is 5.92 Å². The smallest absolute Gasteiger partial charge is 0.200 e. The fraction of sp³-hybridized carbons (Fsp3) is 0.0667. The highest BCUT2D eigenvalue weighted by Gasteiger charge is 2.28. The van der Waals surface area contributed by atoms with E-state index < -0.39 is 40.8 Å². The molecule has 0 aliphatic carbocycles. The highest BCUT2D eigenvalue weighted by molar-refractivity contribution is 5.37. The number of aliphatic hydroxyl groups excluding tert-OH is 1. The standard InChI is InChI=1S/C15H7F5O/c16-11-10(12(17)14(19)15(20)13(11)18)9(21)7-6-8-4-2-1-3-5-8/h1-5,9,21H. The summed E-state index contributed by atoms with van der Waals surface area (Å²) in [6, 6.07) is 8.08. The van der Waals surface area contributed by atoms with Crippen molar-refractivity contribution in [1.82, 2.24) is 0 Å². The van der Waals surface area contributed by atoms with E-state index >= 15 is 0 Å². The van der Waals surface area contributed by atoms with Gasteiger partial charge in [-0.15, -0.1) is 0 Å². The van der Waals surface area contributed by atoms with Gasteiger partial charge in [0.2, 0.25) is 5.82 Å². The molecule has 0 saturated carbocycles. The maximum absolute atomic E-state index is 13.4. The Bertz CT molecular complexity index is 702. The number of hydrogen-bond donors (Lipinski definition) is 1. The van der Waals surface area contributed by atoms with E-state index in [1.165, 1.54) is 0 Å². The maximum atomic E-state index is 13.4. The molecule has 2 aromatic rings. The Balaban J connectivity index is 2.46. The zero-order valence-electron chi connectivity index (χ0n) is 10.3. The summed E-state index contributed by atoms with van der Waals surface area (Å²) in [5.74, 6) is -6.30. The average molecular weight is 298 g/mol. The molecule has 2 rings (SSSR count). The van der Waals surface area contributed by atoms with Crippen LogP contribution < -0.4 is 0 Å². The summed E-state index contributed by atoms with van der Waals surface area (Å²) in [6.45, 7) is 0. The molecule has 0 radical (unpaired) electrons. The van der Waals surface area contributed by atoms with Gasteiger partial charge in [0.1, 0.15) is 6.10 Å². The molecule has 108 valence electrons. The molecule has 2 aromatic carbocycles. The summed E-state index contributed by atoms with van der Waals surface area (Å²) in [6.07, 6.45) is -2.14. The first-order chi connectivity index (χ1) is 9.93. The van der Waals surface area contributed by atoms with Crippen molar-refractivity contribution in [2.75, 3.05) is 0 Å². The normalized spacial score (nSPS) is 11.7. The molecule has 1 unspecified atom stereocenters. The van der Waals surface area contributed by atoms with Crippen molar-refractivity contribution >= 4 is 0 Å². The topological polar surface area (TPSA) is 20.2 Å². The molecule has 1 nitrogen and oxygen atoms in total. The van der Waals surface area contributed by atoms with Crippen LogP contribution in [0, 0.1) is 40.9 Å². The predicted molar refractivity (Wildman–Crippen MR) is 64.5 cm³/mol. The lowest BCUT2D eigenvalue weighted by Gasteiger charge is -2.09. The van der Waals surface area contributed by atoms with Gasteiger partial charge in [-0.2, -0.15) is 0 Å². The van der Waals surface area contributed by atoms with Gasteiger partial charge in [0.05, 0.1) is 5.56 Å². The minimum Gasteiger partial charge on any atom is -0.376 e. The van der Waals surface area contributed by atoms with Crippen LogP contribution >= 0.6 is 0 Å². The molecule has 1 N–H and O–H groups in total. The zero-order chi connectivity index (χ0) is 15.6. The van der Waals surface area contributed by atoms with Crippen LogP contribution in [0.4, 0.5) is 22.0 Å². The van der Waals surface area contributed by atoms with Gasteiger partial charge >= 0.3 is 0 Å². The van der Waals surface area contributed by atoms with Crippen molar-refractivity contribution in [3.8, 4) is 11.8 Å². The summed E-state index contributed by atoms with van der Waals surface area (Å²) < 4.78 is 65.7. The number of rotatable bonds is 1. The third kappa shape index (κ3) is 2.88. The zero-order valence-corrected chi connectivity index (χ0v) is 10.3. The molecule has 0 amide bonds. The Morgan fingerprint density at radius 2 is 1.24 bits per heavy atom. The van der Waals surface area contributed by atoms with Crippen molar-refractivity contribution in [3.05, 3.63) is 70.5 Å². The largest absolute Gasteiger partial charge is 0.376 e. The summed E-state index contributed by atoms with van der Waals surface area (Å²) in [5.41, 5.74) is -0.949. The summed E-state index contributed by atoms with van der Waals surface area (Å²) in [5, 5.41) is 9.57. The monoisotopic (exact) mass is 298 g/mol. The number of benzene rings is 2. The summed E-state index contributed by atoms with van der Waals surface area (Å²) >= 11 is 0. The van der Waals surface area contributed by atoms with Gasteiger partial charge in [0.25, 0.3) is 0 Å². The Labute approximate surface area is 116 Å². The van der Waals surface area contributed by atoms with Crippen molar-refractivity contribution in [2.24, 2.45) is 0 Å². The van der Waals surface area contributed by atoms with Crippen LogP contribution in [-0.2, 0) is 0 Å². The van der Waals surface area contributed by atoms with Gasteiger partial charge in [0.15, 0.2) is 23.3 Å². The highest BCUT2D eigenvalue weighted by atomic mass is 19.2. The lowest BCUT2D eigenvalue weighted by molar-refractivity contribution is 0.219. The van der Waals surface area contributed by atoms with Crippen LogP contribution in [-0.4, -0.2) is 5.11 Å². The quantitative estimate of drug-likeness (QED) is 0.370. The van der Waals surface area contributed by atoms with Gasteiger partial charge in [0, 0.05) is 5.56 Å². The van der Waals surface area contributed by atoms with E-state index in [4.69, 9.17) is 0 Å². The van der Waals surface area contributed by atoms with Gasteiger partial charge in [-0.3, -0.25) is 0 Å². The molecule has 0 spiro atoms. The first kappa shape index (κ1) is 15.0. The van der Waals surface area contributed by atoms with E-state index in [1.54, 1.807) is 30.3 Å². The van der Waals surface area contributed by atoms with Crippen LogP contribution in [0.15, 0.2) is 30.3 Å². The van der Waals surface area contributed by atoms with Crippen molar-refractivity contribution < 1.29 is 27.1 Å². The summed E-state index contributed by atoms with van der Waals surface area (Å²) in [4.78, 5) is 0. The molecule has 1 atom stereocenters. The maximum Gasteiger partial charge on any atom is 0.200 e. The van der Waals surface area contributed by atoms with Crippen molar-refractivity contribution in [3.63, 3.8) is 0 Å². The van der Waals surface area contributed by atoms with Crippen LogP contribution in [0.2, 0.25) is 0 Å². The van der Waals surface area contributed by atoms with E-state index in [9.17, 15) is 27.1 Å². The number of halogens is 5. The van der Waals surface area contributed by atoms with Crippen molar-refractivity contribution in [1.29, 1.82) is 0 Å². The van der Waals surface area contributed by atoms with Crippen LogP contribution in [0.5, 0.6) is 0 Å². The molecular formula is C15H7F5O. The molecule has 0 aromatic heterocycles. The van der Waals surface area contributed by atoms with Gasteiger partial charge in [-0.1, -0.05) is 30.0 Å². The first-order valence-electron chi connectivity index (χ1n) is 5.69. The fourth-order valence-corrected chi connectivity index (χ4v) is 1.61. The number of hydrogen-bond acceptors (Lipinski definition) is 1. The van der Waals surface area contributed by atoms with Crippen LogP contribution in [0.3, 0.4) is 0 Å². The third-order valence-corrected chi connectivity index (χ3v) is 2.64. The van der Waals surface area contributed by atoms with Crippen LogP contribution in [0.1, 0.15) is 17.2 Å². The molecule has 21 heavy (non-hydrogen) atoms. The Kier molecular flexibility index (Phi) is 4.24. The Hall–Kier alpha value is -2.39. The van der Waals surface area contributed by atoms with Gasteiger partial charge < -0.3 is 5.11 Å². The second-order valence-electron chi connectivity index (χ2n) is 4.02. The van der Waals surface area contributed by atoms with E-state index in [2.05, 4.69) is 5.92 Å². The minimum atomic E-state index is -2.28. The first-order valence-corrected chi connectivity index (χ1v) is 5.69. The van der Waals surface area contributed by atoms with Gasteiger partial charge in [-0.05, 0) is 12.1 Å². The molecule has 0 aliphatic rings. The average Bonchev–Trinajstić information content (AvgIpc) is 2.50. The second kappa shape index (κ2) is 5.94. The molecule has 0 bridgehead atoms. The molecular weight excluding hydrogens is 291 g/mol. The van der Waals surface area contributed by atoms with E-state index in [-0.39, 0.29) is 0 Å². The predicted octanol–water partition coefficient (Wildman–Crippen LogP) is 3.47. The van der Waals surface area contributed by atoms with E-state index in [0.717, 1.165) is 0 Å². The number of aliphatic hydroxyl groups is 1. The Morgan fingerprint density at radius 3 is 1.76 bits per heavy atom. The second-order valence-corrected chi connectivity index (χ2v) is 4.02. The fourth-order valence-electron chi connectivity index (χ4n) is 1.61. The summed E-state index contributed by atoms with van der Waals surface area (Å²) in [7, 11) is 0. The SMILES string of the molecule is OC(C#Cc1ccccc1)c1c(F)c(F)c(F)c(F)c1F. The lowest BCUT2D eigenvalue weighted by Crippen LogP contribution is -2.10. The lowest BCUT2D eigenvalue weighted by atomic mass is 10.1. The molecule has 0 fully saturated rings. The Morgan fingerprint density at radius 1 is 0.762 bits per heavy atom. The van der Waals surface area contributed by atoms with Gasteiger partial charge in [-0.25, -0.2) is 22.0 Å². The van der Waals surface area contributed by atoms with Crippen molar-refractivity contribution in [2.45, 2.75) is 6.10 Å². The highest BCUT2D eigenvalue weighted by Crippen LogP contribution is 2.27. The molecule has 0 saturated heterocycles. The minimum absolute atomic E-state index is 0.417.